The fraction of sp³-hybridized carbons (Fsp3) is 0.111. The summed E-state index contributed by atoms with van der Waals surface area (Å²) in [5.74, 6) is -0.516. The lowest BCUT2D eigenvalue weighted by Crippen LogP contribution is -2.23. The topological polar surface area (TPSA) is 46.4 Å². The van der Waals surface area contributed by atoms with Gasteiger partial charge in [0.1, 0.15) is 12.4 Å². The van der Waals surface area contributed by atoms with Crippen molar-refractivity contribution in [3.8, 4) is 0 Å². The number of halogens is 1. The number of aromatic nitrogens is 1. The summed E-state index contributed by atoms with van der Waals surface area (Å²) in [6.45, 7) is 1.95. The minimum atomic E-state index is -0.301. The zero-order valence-corrected chi connectivity index (χ0v) is 12.7. The van der Waals surface area contributed by atoms with Crippen LogP contribution in [-0.2, 0) is 11.3 Å². The smallest absolute Gasteiger partial charge is 0.259 e. The molecule has 0 unspecified atom stereocenters. The molecule has 0 saturated heterocycles. The number of hydrogen-bond donors (Lipinski definition) is 1. The van der Waals surface area contributed by atoms with Crippen molar-refractivity contribution in [2.75, 3.05) is 0 Å². The van der Waals surface area contributed by atoms with Gasteiger partial charge in [0.25, 0.3) is 5.91 Å². The van der Waals surface area contributed by atoms with E-state index in [2.05, 4.69) is 10.5 Å². The van der Waals surface area contributed by atoms with Crippen LogP contribution in [0.4, 0.5) is 4.39 Å². The maximum atomic E-state index is 12.9. The number of para-hydroxylation sites is 1. The van der Waals surface area contributed by atoms with Gasteiger partial charge in [-0.05, 0) is 42.1 Å². The summed E-state index contributed by atoms with van der Waals surface area (Å²) >= 11 is 0. The van der Waals surface area contributed by atoms with Crippen LogP contribution < -0.4 is 5.43 Å². The van der Waals surface area contributed by atoms with Crippen molar-refractivity contribution in [2.45, 2.75) is 13.5 Å². The second kappa shape index (κ2) is 6.44. The highest BCUT2D eigenvalue weighted by Gasteiger charge is 2.05. The number of nitrogens with zero attached hydrogens (tertiary/aromatic N) is 2. The third-order valence-corrected chi connectivity index (χ3v) is 3.60. The molecule has 0 radical (unpaired) electrons. The summed E-state index contributed by atoms with van der Waals surface area (Å²) in [5, 5.41) is 5.16. The van der Waals surface area contributed by atoms with Gasteiger partial charge >= 0.3 is 0 Å². The summed E-state index contributed by atoms with van der Waals surface area (Å²) in [6, 6.07) is 15.8. The van der Waals surface area contributed by atoms with Crippen molar-refractivity contribution >= 4 is 22.5 Å². The van der Waals surface area contributed by atoms with Gasteiger partial charge in [-0.25, -0.2) is 9.82 Å². The van der Waals surface area contributed by atoms with Crippen molar-refractivity contribution in [3.63, 3.8) is 0 Å². The average molecular weight is 309 g/mol. The Kier molecular flexibility index (Phi) is 4.19. The van der Waals surface area contributed by atoms with Crippen molar-refractivity contribution in [1.29, 1.82) is 0 Å². The molecule has 0 fully saturated rings. The minimum absolute atomic E-state index is 0.188. The predicted molar refractivity (Wildman–Crippen MR) is 88.7 cm³/mol. The molecule has 1 amide bonds. The van der Waals surface area contributed by atoms with E-state index in [9.17, 15) is 9.18 Å². The second-order valence-corrected chi connectivity index (χ2v) is 5.24. The van der Waals surface area contributed by atoms with Crippen LogP contribution >= 0.6 is 0 Å². The van der Waals surface area contributed by atoms with Crippen LogP contribution in [0, 0.1) is 5.82 Å². The van der Waals surface area contributed by atoms with E-state index in [-0.39, 0.29) is 18.3 Å². The molecule has 3 aromatic rings. The van der Waals surface area contributed by atoms with Crippen molar-refractivity contribution < 1.29 is 9.18 Å². The number of nitrogens with one attached hydrogen (secondary N) is 1. The van der Waals surface area contributed by atoms with Gasteiger partial charge in [-0.3, -0.25) is 4.79 Å². The molecule has 4 nitrogen and oxygen atoms in total. The van der Waals surface area contributed by atoms with Crippen LogP contribution in [0.2, 0.25) is 0 Å². The first-order valence-corrected chi connectivity index (χ1v) is 7.26. The molecule has 0 aliphatic rings. The zero-order chi connectivity index (χ0) is 16.2. The van der Waals surface area contributed by atoms with E-state index in [4.69, 9.17) is 0 Å². The third kappa shape index (κ3) is 3.45. The molecule has 116 valence electrons. The van der Waals surface area contributed by atoms with Crippen LogP contribution in [-0.4, -0.2) is 16.2 Å². The Morgan fingerprint density at radius 2 is 1.87 bits per heavy atom. The quantitative estimate of drug-likeness (QED) is 0.583. The van der Waals surface area contributed by atoms with Gasteiger partial charge < -0.3 is 4.57 Å². The fourth-order valence-corrected chi connectivity index (χ4v) is 2.37. The van der Waals surface area contributed by atoms with Gasteiger partial charge in [-0.15, -0.1) is 0 Å². The van der Waals surface area contributed by atoms with E-state index in [1.165, 1.54) is 12.1 Å². The lowest BCUT2D eigenvalue weighted by atomic mass is 10.1. The van der Waals surface area contributed by atoms with Gasteiger partial charge in [0.15, 0.2) is 0 Å². The SMILES string of the molecule is C/C(=N\NC(=O)Cn1ccc2ccccc21)c1ccc(F)cc1. The number of carbonyl (C=O) groups is 1. The summed E-state index contributed by atoms with van der Waals surface area (Å²) < 4.78 is 14.8. The van der Waals surface area contributed by atoms with Crippen LogP contribution in [0.25, 0.3) is 10.9 Å². The number of benzene rings is 2. The molecule has 1 aromatic heterocycles. The number of amides is 1. The van der Waals surface area contributed by atoms with Crippen molar-refractivity contribution in [2.24, 2.45) is 5.10 Å². The predicted octanol–water partition coefficient (Wildman–Crippen LogP) is 3.32. The molecule has 3 rings (SSSR count). The van der Waals surface area contributed by atoms with Crippen LogP contribution in [0.1, 0.15) is 12.5 Å². The van der Waals surface area contributed by atoms with Gasteiger partial charge in [-0.2, -0.15) is 5.10 Å². The Labute approximate surface area is 133 Å². The largest absolute Gasteiger partial charge is 0.338 e. The minimum Gasteiger partial charge on any atom is -0.338 e. The van der Waals surface area contributed by atoms with E-state index < -0.39 is 0 Å². The first-order valence-electron chi connectivity index (χ1n) is 7.26. The summed E-state index contributed by atoms with van der Waals surface area (Å²) in [7, 11) is 0. The Hall–Kier alpha value is -2.95. The lowest BCUT2D eigenvalue weighted by Gasteiger charge is -2.05. The summed E-state index contributed by atoms with van der Waals surface area (Å²) in [5.41, 5.74) is 4.92. The molecule has 1 heterocycles. The molecule has 0 atom stereocenters. The third-order valence-electron chi connectivity index (χ3n) is 3.60. The first-order chi connectivity index (χ1) is 11.1. The molecule has 1 N–H and O–H groups in total. The maximum Gasteiger partial charge on any atom is 0.259 e. The number of hydrogen-bond acceptors (Lipinski definition) is 2. The molecule has 23 heavy (non-hydrogen) atoms. The summed E-state index contributed by atoms with van der Waals surface area (Å²) in [6.07, 6.45) is 1.88. The van der Waals surface area contributed by atoms with Gasteiger partial charge in [0.2, 0.25) is 0 Å². The standard InChI is InChI=1S/C18H16FN3O/c1-13(14-6-8-16(19)9-7-14)20-21-18(23)12-22-11-10-15-4-2-3-5-17(15)22/h2-11H,12H2,1H3,(H,21,23)/b20-13+. The van der Waals surface area contributed by atoms with Crippen molar-refractivity contribution in [1.82, 2.24) is 9.99 Å². The Bertz CT molecular complexity index is 865. The highest BCUT2D eigenvalue weighted by molar-refractivity contribution is 5.99. The number of rotatable bonds is 4. The molecular weight excluding hydrogens is 293 g/mol. The van der Waals surface area contributed by atoms with Crippen molar-refractivity contribution in [3.05, 3.63) is 72.2 Å². The van der Waals surface area contributed by atoms with Crippen LogP contribution in [0.5, 0.6) is 0 Å². The van der Waals surface area contributed by atoms with E-state index in [1.54, 1.807) is 19.1 Å². The lowest BCUT2D eigenvalue weighted by molar-refractivity contribution is -0.121. The number of fused-ring (bicyclic) bond motifs is 1. The number of carbonyl (C=O) groups excluding carboxylic acids is 1. The molecule has 2 aromatic carbocycles. The molecule has 0 saturated carbocycles. The van der Waals surface area contributed by atoms with E-state index in [0.717, 1.165) is 16.5 Å². The van der Waals surface area contributed by atoms with E-state index in [1.807, 2.05) is 41.1 Å². The molecular formula is C18H16FN3O. The average Bonchev–Trinajstić information content (AvgIpc) is 2.96. The van der Waals surface area contributed by atoms with Gasteiger partial charge in [0.05, 0.1) is 5.71 Å². The monoisotopic (exact) mass is 309 g/mol. The van der Waals surface area contributed by atoms with Crippen LogP contribution in [0.3, 0.4) is 0 Å². The van der Waals surface area contributed by atoms with Gasteiger partial charge in [-0.1, -0.05) is 30.3 Å². The van der Waals surface area contributed by atoms with E-state index in [0.29, 0.717) is 5.71 Å². The Morgan fingerprint density at radius 1 is 1.13 bits per heavy atom. The van der Waals surface area contributed by atoms with Crippen LogP contribution in [0.15, 0.2) is 65.9 Å². The van der Waals surface area contributed by atoms with E-state index >= 15 is 0 Å². The Balaban J connectivity index is 1.67. The second-order valence-electron chi connectivity index (χ2n) is 5.24. The molecule has 0 bridgehead atoms. The molecule has 0 aliphatic heterocycles. The molecule has 5 heteroatoms. The van der Waals surface area contributed by atoms with Gasteiger partial charge in [0, 0.05) is 11.7 Å². The molecule has 0 aliphatic carbocycles. The molecule has 0 spiro atoms. The number of hydrazone groups is 1. The summed E-state index contributed by atoms with van der Waals surface area (Å²) in [4.78, 5) is 12.0. The maximum absolute atomic E-state index is 12.9. The highest BCUT2D eigenvalue weighted by Crippen LogP contribution is 2.14. The normalized spacial score (nSPS) is 11.7. The fourth-order valence-electron chi connectivity index (χ4n) is 2.37. The zero-order valence-electron chi connectivity index (χ0n) is 12.7. The Morgan fingerprint density at radius 3 is 2.65 bits per heavy atom. The highest BCUT2D eigenvalue weighted by atomic mass is 19.1. The first kappa shape index (κ1) is 15.0.